The molecule has 0 aliphatic heterocycles. The zero-order valence-electron chi connectivity index (χ0n) is 15.2. The van der Waals surface area contributed by atoms with Gasteiger partial charge in [0.1, 0.15) is 18.0 Å². The Morgan fingerprint density at radius 2 is 1.83 bits per heavy atom. The molecule has 1 unspecified atom stereocenters. The third-order valence-electron chi connectivity index (χ3n) is 4.28. The highest BCUT2D eigenvalue weighted by molar-refractivity contribution is 7.91. The number of thiazole rings is 1. The van der Waals surface area contributed by atoms with Gasteiger partial charge < -0.3 is 9.12 Å². The first-order valence-electron chi connectivity index (χ1n) is 8.43. The zero-order valence-corrected chi connectivity index (χ0v) is 17.6. The SMILES string of the molecule is Cc1cc(F)c(/N=c2\scc(C3(Cl)CC3)n2CC(F)(F)F)cc1[S+]([O-])CC(F)(F)F. The van der Waals surface area contributed by atoms with Crippen molar-refractivity contribution in [1.82, 2.24) is 4.57 Å². The largest absolute Gasteiger partial charge is 0.611 e. The van der Waals surface area contributed by atoms with E-state index in [0.29, 0.717) is 12.8 Å². The lowest BCUT2D eigenvalue weighted by Crippen LogP contribution is -2.28. The summed E-state index contributed by atoms with van der Waals surface area (Å²) in [6.07, 6.45) is -8.36. The zero-order chi connectivity index (χ0) is 22.5. The maximum Gasteiger partial charge on any atom is 0.433 e. The summed E-state index contributed by atoms with van der Waals surface area (Å²) >= 11 is 4.54. The van der Waals surface area contributed by atoms with Crippen molar-refractivity contribution < 1.29 is 35.3 Å². The minimum Gasteiger partial charge on any atom is -0.611 e. The molecular formula is C17H14ClF7N2OS2. The molecule has 0 spiro atoms. The van der Waals surface area contributed by atoms with E-state index in [0.717, 1.165) is 28.0 Å². The highest BCUT2D eigenvalue weighted by atomic mass is 35.5. The molecule has 1 aliphatic rings. The van der Waals surface area contributed by atoms with Crippen molar-refractivity contribution in [3.8, 4) is 0 Å². The van der Waals surface area contributed by atoms with Gasteiger partial charge in [0.15, 0.2) is 9.70 Å². The molecule has 0 bridgehead atoms. The predicted molar refractivity (Wildman–Crippen MR) is 98.8 cm³/mol. The summed E-state index contributed by atoms with van der Waals surface area (Å²) in [6.45, 7) is -0.118. The monoisotopic (exact) mass is 494 g/mol. The maximum atomic E-state index is 14.4. The summed E-state index contributed by atoms with van der Waals surface area (Å²) in [5, 5.41) is 1.40. The number of aryl methyl sites for hydroxylation is 1. The second-order valence-corrected chi connectivity index (χ2v) is 9.84. The standard InChI is InChI=1S/C17H14ClF7N2OS2/c1-9-4-10(19)11(5-12(9)30(28)8-17(23,24)25)26-14-27(7-16(20,21)22)13(6-29-14)15(18)2-3-15/h4-6H,2-3,7-8H2,1H3/b26-14-. The van der Waals surface area contributed by atoms with Crippen LogP contribution >= 0.6 is 22.9 Å². The number of nitrogens with zero attached hydrogens (tertiary/aromatic N) is 2. The highest BCUT2D eigenvalue weighted by Gasteiger charge is 2.46. The van der Waals surface area contributed by atoms with Gasteiger partial charge in [-0.25, -0.2) is 9.38 Å². The van der Waals surface area contributed by atoms with Crippen LogP contribution in [0.15, 0.2) is 27.4 Å². The molecule has 166 valence electrons. The molecule has 1 aromatic carbocycles. The van der Waals surface area contributed by atoms with E-state index in [4.69, 9.17) is 11.6 Å². The van der Waals surface area contributed by atoms with Gasteiger partial charge in [0.05, 0.1) is 10.6 Å². The number of benzene rings is 1. The van der Waals surface area contributed by atoms with E-state index in [-0.39, 0.29) is 21.0 Å². The topological polar surface area (TPSA) is 40.3 Å². The molecule has 30 heavy (non-hydrogen) atoms. The van der Waals surface area contributed by atoms with E-state index < -0.39 is 52.2 Å². The molecule has 3 nitrogen and oxygen atoms in total. The Morgan fingerprint density at radius 3 is 2.37 bits per heavy atom. The smallest absolute Gasteiger partial charge is 0.433 e. The third kappa shape index (κ3) is 5.51. The van der Waals surface area contributed by atoms with E-state index in [9.17, 15) is 35.3 Å². The molecule has 13 heteroatoms. The van der Waals surface area contributed by atoms with Gasteiger partial charge in [-0.05, 0) is 37.0 Å². The van der Waals surface area contributed by atoms with Crippen LogP contribution in [0.3, 0.4) is 0 Å². The quantitative estimate of drug-likeness (QED) is 0.299. The summed E-state index contributed by atoms with van der Waals surface area (Å²) in [5.74, 6) is -2.59. The van der Waals surface area contributed by atoms with Crippen LogP contribution in [0.5, 0.6) is 0 Å². The van der Waals surface area contributed by atoms with Gasteiger partial charge in [0.2, 0.25) is 5.75 Å². The summed E-state index contributed by atoms with van der Waals surface area (Å²) in [7, 11) is 0. The molecule has 0 saturated heterocycles. The van der Waals surface area contributed by atoms with Crippen LogP contribution in [0.2, 0.25) is 0 Å². The summed E-state index contributed by atoms with van der Waals surface area (Å²) < 4.78 is 104. The number of hydrogen-bond donors (Lipinski definition) is 0. The molecule has 1 saturated carbocycles. The van der Waals surface area contributed by atoms with Crippen LogP contribution in [0.25, 0.3) is 0 Å². The van der Waals surface area contributed by atoms with Gasteiger partial charge in [-0.3, -0.25) is 0 Å². The molecule has 0 N–H and O–H groups in total. The lowest BCUT2D eigenvalue weighted by molar-refractivity contribution is -0.141. The van der Waals surface area contributed by atoms with Crippen molar-refractivity contribution in [2.75, 3.05) is 5.75 Å². The fourth-order valence-electron chi connectivity index (χ4n) is 2.77. The maximum absolute atomic E-state index is 14.4. The minimum atomic E-state index is -4.71. The minimum absolute atomic E-state index is 0.0155. The number of aromatic nitrogens is 1. The van der Waals surface area contributed by atoms with Crippen molar-refractivity contribution in [1.29, 1.82) is 0 Å². The van der Waals surface area contributed by atoms with Crippen LogP contribution in [-0.2, 0) is 22.6 Å². The van der Waals surface area contributed by atoms with Crippen LogP contribution in [0, 0.1) is 12.7 Å². The molecule has 1 heterocycles. The van der Waals surface area contributed by atoms with E-state index in [1.54, 1.807) is 0 Å². The van der Waals surface area contributed by atoms with Crippen molar-refractivity contribution in [2.45, 2.75) is 48.4 Å². The van der Waals surface area contributed by atoms with Gasteiger partial charge >= 0.3 is 12.4 Å². The van der Waals surface area contributed by atoms with Crippen molar-refractivity contribution in [3.05, 3.63) is 39.4 Å². The Hall–Kier alpha value is -1.24. The van der Waals surface area contributed by atoms with Gasteiger partial charge in [0, 0.05) is 17.0 Å². The summed E-state index contributed by atoms with van der Waals surface area (Å²) in [4.78, 5) is 2.45. The molecular weight excluding hydrogens is 481 g/mol. The van der Waals surface area contributed by atoms with Gasteiger partial charge in [-0.15, -0.1) is 22.9 Å². The van der Waals surface area contributed by atoms with Gasteiger partial charge in [-0.1, -0.05) is 0 Å². The first-order valence-corrected chi connectivity index (χ1v) is 11.0. The lowest BCUT2D eigenvalue weighted by Gasteiger charge is -2.15. The average molecular weight is 495 g/mol. The predicted octanol–water partition coefficient (Wildman–Crippen LogP) is 5.69. The average Bonchev–Trinajstić information content (AvgIpc) is 3.18. The molecule has 1 aliphatic carbocycles. The third-order valence-corrected chi connectivity index (χ3v) is 7.24. The van der Waals surface area contributed by atoms with E-state index in [1.165, 1.54) is 12.3 Å². The number of rotatable bonds is 5. The number of alkyl halides is 7. The Labute approximate surface area is 178 Å². The Morgan fingerprint density at radius 1 is 1.20 bits per heavy atom. The molecule has 0 amide bonds. The molecule has 2 aromatic rings. The Balaban J connectivity index is 2.09. The summed E-state index contributed by atoms with van der Waals surface area (Å²) in [6, 6.07) is 1.73. The van der Waals surface area contributed by atoms with Crippen molar-refractivity contribution >= 4 is 39.8 Å². The number of hydrogen-bond acceptors (Lipinski definition) is 3. The van der Waals surface area contributed by atoms with Crippen LogP contribution < -0.4 is 4.80 Å². The molecule has 1 aromatic heterocycles. The van der Waals surface area contributed by atoms with Crippen LogP contribution in [0.1, 0.15) is 24.1 Å². The van der Waals surface area contributed by atoms with Crippen molar-refractivity contribution in [3.63, 3.8) is 0 Å². The highest BCUT2D eigenvalue weighted by Crippen LogP contribution is 2.52. The van der Waals surface area contributed by atoms with Crippen LogP contribution in [-0.4, -0.2) is 27.2 Å². The van der Waals surface area contributed by atoms with Crippen molar-refractivity contribution in [2.24, 2.45) is 4.99 Å². The van der Waals surface area contributed by atoms with Gasteiger partial charge in [-0.2, -0.15) is 26.3 Å². The van der Waals surface area contributed by atoms with E-state index in [2.05, 4.69) is 4.99 Å². The Kier molecular flexibility index (Phi) is 6.27. The number of halogens is 8. The lowest BCUT2D eigenvalue weighted by atomic mass is 10.2. The normalized spacial score (nSPS) is 18.0. The second-order valence-electron chi connectivity index (χ2n) is 6.86. The van der Waals surface area contributed by atoms with E-state index in [1.807, 2.05) is 0 Å². The first kappa shape index (κ1) is 23.4. The molecule has 3 rings (SSSR count). The van der Waals surface area contributed by atoms with Gasteiger partial charge in [0.25, 0.3) is 0 Å². The fraction of sp³-hybridized carbons (Fsp3) is 0.471. The van der Waals surface area contributed by atoms with E-state index >= 15 is 0 Å². The molecule has 1 atom stereocenters. The first-order chi connectivity index (χ1) is 13.7. The molecule has 0 radical (unpaired) electrons. The summed E-state index contributed by atoms with van der Waals surface area (Å²) in [5.41, 5.74) is -0.296. The van der Waals surface area contributed by atoms with Crippen LogP contribution in [0.4, 0.5) is 36.4 Å². The Bertz CT molecular complexity index is 1010. The molecule has 1 fully saturated rings. The fourth-order valence-corrected chi connectivity index (χ4v) is 5.21. The second kappa shape index (κ2) is 8.03.